The number of rotatable bonds is 3. The Morgan fingerprint density at radius 1 is 1.40 bits per heavy atom. The Morgan fingerprint density at radius 2 is 2.13 bits per heavy atom. The van der Waals surface area contributed by atoms with E-state index in [1.165, 1.54) is 19.3 Å². The summed E-state index contributed by atoms with van der Waals surface area (Å²) in [5, 5.41) is 7.13. The van der Waals surface area contributed by atoms with Gasteiger partial charge in [-0.2, -0.15) is 0 Å². The molecular weight excluding hydrogens is 208 g/mol. The third-order valence-electron chi connectivity index (χ3n) is 2.69. The zero-order valence-electron chi connectivity index (χ0n) is 8.78. The van der Waals surface area contributed by atoms with Crippen molar-refractivity contribution in [3.63, 3.8) is 0 Å². The summed E-state index contributed by atoms with van der Waals surface area (Å²) in [6.07, 6.45) is 5.66. The summed E-state index contributed by atoms with van der Waals surface area (Å²) in [6, 6.07) is 0. The van der Waals surface area contributed by atoms with E-state index in [4.69, 9.17) is 12.2 Å². The molecule has 5 heteroatoms. The third kappa shape index (κ3) is 2.12. The second-order valence-electron chi connectivity index (χ2n) is 3.78. The van der Waals surface area contributed by atoms with E-state index < -0.39 is 0 Å². The number of aromatic amines is 1. The first-order chi connectivity index (χ1) is 7.33. The zero-order chi connectivity index (χ0) is 10.7. The van der Waals surface area contributed by atoms with Crippen LogP contribution >= 0.6 is 12.2 Å². The summed E-state index contributed by atoms with van der Waals surface area (Å²) in [5.74, 6) is 0.958. The molecule has 0 amide bonds. The second kappa shape index (κ2) is 4.61. The first-order valence-corrected chi connectivity index (χ1v) is 5.75. The molecule has 2 rings (SSSR count). The smallest absolute Gasteiger partial charge is 0.226 e. The summed E-state index contributed by atoms with van der Waals surface area (Å²) in [7, 11) is 0. The second-order valence-corrected chi connectivity index (χ2v) is 4.16. The maximum atomic E-state index is 5.18. The SMILES string of the molecule is C=CCn1c(N2CCCCC2)n[nH]c1=S. The quantitative estimate of drug-likeness (QED) is 0.631. The Morgan fingerprint density at radius 3 is 2.80 bits per heavy atom. The van der Waals surface area contributed by atoms with Gasteiger partial charge >= 0.3 is 0 Å². The molecule has 1 aliphatic rings. The van der Waals surface area contributed by atoms with Crippen molar-refractivity contribution in [3.8, 4) is 0 Å². The molecule has 0 radical (unpaired) electrons. The standard InChI is InChI=1S/C10H16N4S/c1-2-6-14-9(11-12-10(14)15)13-7-4-3-5-8-13/h2H,1,3-8H2,(H,12,15). The third-order valence-corrected chi connectivity index (χ3v) is 3.00. The van der Waals surface area contributed by atoms with Gasteiger partial charge < -0.3 is 4.90 Å². The number of nitrogens with zero attached hydrogens (tertiary/aromatic N) is 3. The zero-order valence-corrected chi connectivity index (χ0v) is 9.59. The number of allylic oxidation sites excluding steroid dienone is 1. The van der Waals surface area contributed by atoms with E-state index in [-0.39, 0.29) is 0 Å². The minimum Gasteiger partial charge on any atom is -0.341 e. The highest BCUT2D eigenvalue weighted by atomic mass is 32.1. The molecule has 0 saturated carbocycles. The van der Waals surface area contributed by atoms with Gasteiger partial charge in [-0.05, 0) is 31.5 Å². The summed E-state index contributed by atoms with van der Waals surface area (Å²) in [5.41, 5.74) is 0. The van der Waals surface area contributed by atoms with Gasteiger partial charge in [-0.1, -0.05) is 6.08 Å². The fourth-order valence-electron chi connectivity index (χ4n) is 1.94. The van der Waals surface area contributed by atoms with Crippen molar-refractivity contribution >= 4 is 18.2 Å². The molecule has 1 aliphatic heterocycles. The van der Waals surface area contributed by atoms with Crippen LogP contribution in [0.25, 0.3) is 0 Å². The molecule has 1 N–H and O–H groups in total. The van der Waals surface area contributed by atoms with Crippen LogP contribution in [0.2, 0.25) is 0 Å². The van der Waals surface area contributed by atoms with Crippen LogP contribution in [0.15, 0.2) is 12.7 Å². The number of piperidine rings is 1. The molecule has 1 saturated heterocycles. The number of hydrogen-bond acceptors (Lipinski definition) is 3. The highest BCUT2D eigenvalue weighted by Crippen LogP contribution is 2.17. The topological polar surface area (TPSA) is 36.9 Å². The molecule has 82 valence electrons. The van der Waals surface area contributed by atoms with Crippen molar-refractivity contribution in [3.05, 3.63) is 17.4 Å². The maximum Gasteiger partial charge on any atom is 0.226 e. The molecule has 4 nitrogen and oxygen atoms in total. The van der Waals surface area contributed by atoms with Crippen molar-refractivity contribution in [1.29, 1.82) is 0 Å². The molecule has 15 heavy (non-hydrogen) atoms. The van der Waals surface area contributed by atoms with E-state index >= 15 is 0 Å². The van der Waals surface area contributed by atoms with Gasteiger partial charge in [0.1, 0.15) is 0 Å². The number of anilines is 1. The Bertz CT molecular complexity index is 386. The summed E-state index contributed by atoms with van der Waals surface area (Å²) in [4.78, 5) is 2.29. The van der Waals surface area contributed by atoms with E-state index in [1.807, 2.05) is 10.6 Å². The molecule has 1 fully saturated rings. The van der Waals surface area contributed by atoms with Gasteiger partial charge in [-0.25, -0.2) is 5.10 Å². The molecule has 0 aromatic carbocycles. The van der Waals surface area contributed by atoms with Gasteiger partial charge in [0.15, 0.2) is 4.77 Å². The van der Waals surface area contributed by atoms with E-state index in [9.17, 15) is 0 Å². The summed E-state index contributed by atoms with van der Waals surface area (Å²) in [6.45, 7) is 6.62. The van der Waals surface area contributed by atoms with Gasteiger partial charge in [0.25, 0.3) is 0 Å². The van der Waals surface area contributed by atoms with Crippen molar-refractivity contribution < 1.29 is 0 Å². The summed E-state index contributed by atoms with van der Waals surface area (Å²) < 4.78 is 2.67. The molecule has 1 aromatic heterocycles. The summed E-state index contributed by atoms with van der Waals surface area (Å²) >= 11 is 5.18. The van der Waals surface area contributed by atoms with Crippen molar-refractivity contribution in [2.24, 2.45) is 0 Å². The molecule has 1 aromatic rings. The normalized spacial score (nSPS) is 16.7. The van der Waals surface area contributed by atoms with Crippen LogP contribution in [-0.4, -0.2) is 27.9 Å². The van der Waals surface area contributed by atoms with Crippen molar-refractivity contribution in [1.82, 2.24) is 14.8 Å². The predicted molar refractivity (Wildman–Crippen MR) is 63.7 cm³/mol. The average molecular weight is 224 g/mol. The lowest BCUT2D eigenvalue weighted by atomic mass is 10.1. The van der Waals surface area contributed by atoms with Crippen LogP contribution in [0, 0.1) is 4.77 Å². The Hall–Kier alpha value is -1.10. The predicted octanol–water partition coefficient (Wildman–Crippen LogP) is 2.12. The van der Waals surface area contributed by atoms with Crippen molar-refractivity contribution in [2.75, 3.05) is 18.0 Å². The van der Waals surface area contributed by atoms with Gasteiger partial charge in [0.05, 0.1) is 0 Å². The first-order valence-electron chi connectivity index (χ1n) is 5.34. The Balaban J connectivity index is 2.25. The Kier molecular flexibility index (Phi) is 3.20. The van der Waals surface area contributed by atoms with E-state index in [2.05, 4.69) is 21.7 Å². The molecule has 2 heterocycles. The van der Waals surface area contributed by atoms with Crippen LogP contribution in [0.5, 0.6) is 0 Å². The number of nitrogens with one attached hydrogen (secondary N) is 1. The maximum absolute atomic E-state index is 5.18. The fourth-order valence-corrected chi connectivity index (χ4v) is 2.14. The number of H-pyrrole nitrogens is 1. The first kappa shape index (κ1) is 10.4. The van der Waals surface area contributed by atoms with Gasteiger partial charge in [-0.3, -0.25) is 4.57 Å². The lowest BCUT2D eigenvalue weighted by Gasteiger charge is -2.27. The molecule has 0 bridgehead atoms. The highest BCUT2D eigenvalue weighted by molar-refractivity contribution is 7.71. The lowest BCUT2D eigenvalue weighted by molar-refractivity contribution is 0.558. The van der Waals surface area contributed by atoms with Gasteiger partial charge in [0.2, 0.25) is 5.95 Å². The molecule has 0 unspecified atom stereocenters. The molecule has 0 atom stereocenters. The number of aromatic nitrogens is 3. The lowest BCUT2D eigenvalue weighted by Crippen LogP contribution is -2.31. The van der Waals surface area contributed by atoms with E-state index in [1.54, 1.807) is 0 Å². The fraction of sp³-hybridized carbons (Fsp3) is 0.600. The molecular formula is C10H16N4S. The average Bonchev–Trinajstić information content (AvgIpc) is 2.63. The Labute approximate surface area is 94.6 Å². The van der Waals surface area contributed by atoms with Crippen LogP contribution in [-0.2, 0) is 6.54 Å². The van der Waals surface area contributed by atoms with E-state index in [0.717, 1.165) is 25.6 Å². The largest absolute Gasteiger partial charge is 0.341 e. The monoisotopic (exact) mass is 224 g/mol. The highest BCUT2D eigenvalue weighted by Gasteiger charge is 2.16. The van der Waals surface area contributed by atoms with Crippen LogP contribution in [0.3, 0.4) is 0 Å². The minimum atomic E-state index is 0.676. The van der Waals surface area contributed by atoms with Crippen LogP contribution in [0.1, 0.15) is 19.3 Å². The number of hydrogen-bond donors (Lipinski definition) is 1. The van der Waals surface area contributed by atoms with E-state index in [0.29, 0.717) is 4.77 Å². The van der Waals surface area contributed by atoms with Crippen LogP contribution < -0.4 is 4.90 Å². The van der Waals surface area contributed by atoms with Crippen LogP contribution in [0.4, 0.5) is 5.95 Å². The van der Waals surface area contributed by atoms with Gasteiger partial charge in [-0.15, -0.1) is 11.7 Å². The van der Waals surface area contributed by atoms with Crippen molar-refractivity contribution in [2.45, 2.75) is 25.8 Å². The molecule has 0 spiro atoms. The molecule has 0 aliphatic carbocycles. The van der Waals surface area contributed by atoms with Gasteiger partial charge in [0, 0.05) is 19.6 Å². The minimum absolute atomic E-state index is 0.676.